The van der Waals surface area contributed by atoms with Crippen LogP contribution in [0.4, 0.5) is 96.6 Å². The van der Waals surface area contributed by atoms with Crippen molar-refractivity contribution in [3.63, 3.8) is 0 Å². The van der Waals surface area contributed by atoms with Crippen LogP contribution in [0.3, 0.4) is 0 Å². The van der Waals surface area contributed by atoms with Gasteiger partial charge in [0.1, 0.15) is 5.57 Å². The lowest BCUT2D eigenvalue weighted by atomic mass is 9.67. The van der Waals surface area contributed by atoms with Crippen molar-refractivity contribution >= 4 is 0 Å². The number of allylic oxidation sites excluding steroid dienone is 2. The highest BCUT2D eigenvalue weighted by molar-refractivity contribution is 5.51. The molecule has 0 aromatic heterocycles. The van der Waals surface area contributed by atoms with Crippen LogP contribution >= 0.6 is 0 Å². The summed E-state index contributed by atoms with van der Waals surface area (Å²) < 4.78 is 295. The average Bonchev–Trinajstić information content (AvgIpc) is 2.61. The summed E-state index contributed by atoms with van der Waals surface area (Å²) in [5, 5.41) is 0. The predicted octanol–water partition coefficient (Wildman–Crippen LogP) is 8.36. The van der Waals surface area contributed by atoms with Gasteiger partial charge in [-0.3, -0.25) is 0 Å². The first-order valence-corrected chi connectivity index (χ1v) is 7.91. The van der Waals surface area contributed by atoms with Crippen molar-refractivity contribution in [3.05, 3.63) is 45.8 Å². The molecule has 0 unspecified atom stereocenters. The van der Waals surface area contributed by atoms with Gasteiger partial charge in [0.25, 0.3) is 0 Å². The van der Waals surface area contributed by atoms with Gasteiger partial charge in [-0.05, 0) is 0 Å². The molecular weight excluding hydrogens is 598 g/mol. The second-order valence-corrected chi connectivity index (χ2v) is 6.51. The zero-order chi connectivity index (χ0) is 30.1. The quantitative estimate of drug-likeness (QED) is 0.142. The van der Waals surface area contributed by atoms with Gasteiger partial charge in [0.2, 0.25) is 11.2 Å². The molecule has 37 heavy (non-hydrogen) atoms. The van der Waals surface area contributed by atoms with Crippen LogP contribution in [0, 0.1) is 29.1 Å². The van der Waals surface area contributed by atoms with Gasteiger partial charge in [-0.25, -0.2) is 22.0 Å². The number of halogens is 22. The van der Waals surface area contributed by atoms with Crippen molar-refractivity contribution in [2.45, 2.75) is 42.2 Å². The zero-order valence-corrected chi connectivity index (χ0v) is 15.8. The molecule has 0 aliphatic heterocycles. The van der Waals surface area contributed by atoms with Gasteiger partial charge in [-0.2, -0.15) is 74.6 Å². The van der Waals surface area contributed by atoms with Gasteiger partial charge < -0.3 is 0 Å². The maximum atomic E-state index is 14.0. The minimum Gasteiger partial charge on any atom is -0.203 e. The van der Waals surface area contributed by atoms with E-state index in [9.17, 15) is 96.6 Å². The van der Waals surface area contributed by atoms with E-state index >= 15 is 0 Å². The van der Waals surface area contributed by atoms with Crippen molar-refractivity contribution in [1.82, 2.24) is 0 Å². The molecule has 1 aromatic carbocycles. The summed E-state index contributed by atoms with van der Waals surface area (Å²) in [6, 6.07) is 0. The third kappa shape index (κ3) is 4.86. The Morgan fingerprint density at radius 3 is 0.838 bits per heavy atom. The number of benzene rings is 1. The highest BCUT2D eigenvalue weighted by Gasteiger charge is 2.84. The Morgan fingerprint density at radius 2 is 0.622 bits per heavy atom. The average molecular weight is 598 g/mol. The van der Waals surface area contributed by atoms with Crippen LogP contribution in [-0.2, 0) is 5.41 Å². The second-order valence-electron chi connectivity index (χ2n) is 6.51. The van der Waals surface area contributed by atoms with E-state index < -0.39 is 88.0 Å². The van der Waals surface area contributed by atoms with Crippen LogP contribution in [-0.4, -0.2) is 36.8 Å². The molecule has 0 bridgehead atoms. The standard InChI is InChI=1S/C15F22/c16-2-1(3(17)5(19)6(20)4(2)18)9(13(29,30)31,14(32,33)34)7(10(21,22)15(35,36)37)8(11(23,24)25)12(26,27)28. The summed E-state index contributed by atoms with van der Waals surface area (Å²) in [5.41, 5.74) is -25.7. The third-order valence-corrected chi connectivity index (χ3v) is 4.30. The molecule has 0 aliphatic carbocycles. The smallest absolute Gasteiger partial charge is 0.203 e. The van der Waals surface area contributed by atoms with Crippen molar-refractivity contribution in [1.29, 1.82) is 0 Å². The molecule has 0 heterocycles. The minimum atomic E-state index is -8.61. The summed E-state index contributed by atoms with van der Waals surface area (Å²) in [4.78, 5) is 0. The predicted molar refractivity (Wildman–Crippen MR) is 70.2 cm³/mol. The summed E-state index contributed by atoms with van der Waals surface area (Å²) in [6.45, 7) is 0. The molecule has 0 fully saturated rings. The maximum absolute atomic E-state index is 14.0. The minimum absolute atomic E-state index is 3.73. The summed E-state index contributed by atoms with van der Waals surface area (Å²) in [5.74, 6) is -29.6. The monoisotopic (exact) mass is 598 g/mol. The van der Waals surface area contributed by atoms with Crippen LogP contribution in [0.15, 0.2) is 11.1 Å². The van der Waals surface area contributed by atoms with E-state index in [0.29, 0.717) is 0 Å². The molecule has 0 saturated heterocycles. The van der Waals surface area contributed by atoms with Crippen molar-refractivity contribution in [3.8, 4) is 0 Å². The van der Waals surface area contributed by atoms with Crippen molar-refractivity contribution < 1.29 is 96.6 Å². The van der Waals surface area contributed by atoms with Crippen LogP contribution < -0.4 is 0 Å². The molecule has 0 atom stereocenters. The van der Waals surface area contributed by atoms with Crippen molar-refractivity contribution in [2.24, 2.45) is 0 Å². The topological polar surface area (TPSA) is 0 Å². The van der Waals surface area contributed by atoms with E-state index in [4.69, 9.17) is 0 Å². The number of alkyl halides is 17. The Kier molecular flexibility index (Phi) is 7.66. The molecule has 0 saturated carbocycles. The van der Waals surface area contributed by atoms with Crippen molar-refractivity contribution in [2.75, 3.05) is 0 Å². The van der Waals surface area contributed by atoms with Gasteiger partial charge in [0.15, 0.2) is 23.3 Å². The Labute approximate surface area is 186 Å². The van der Waals surface area contributed by atoms with E-state index in [0.717, 1.165) is 0 Å². The molecule has 0 aliphatic rings. The van der Waals surface area contributed by atoms with E-state index in [1.54, 1.807) is 0 Å². The van der Waals surface area contributed by atoms with E-state index in [1.807, 2.05) is 0 Å². The van der Waals surface area contributed by atoms with E-state index in [1.165, 1.54) is 0 Å². The lowest BCUT2D eigenvalue weighted by Crippen LogP contribution is -2.63. The number of hydrogen-bond donors (Lipinski definition) is 0. The fourth-order valence-electron chi connectivity index (χ4n) is 2.95. The zero-order valence-electron chi connectivity index (χ0n) is 15.8. The highest BCUT2D eigenvalue weighted by Crippen LogP contribution is 2.65. The first kappa shape index (κ1) is 32.4. The SMILES string of the molecule is Fc1c(F)c(F)c(C(C(=C(C(F)(F)F)C(F)(F)F)C(F)(F)C(F)(F)F)(C(F)(F)F)C(F)(F)F)c(F)c1F. The highest BCUT2D eigenvalue weighted by atomic mass is 19.4. The van der Waals surface area contributed by atoms with Gasteiger partial charge in [-0.1, -0.05) is 0 Å². The summed E-state index contributed by atoms with van der Waals surface area (Å²) in [7, 11) is 0. The molecule has 22 heteroatoms. The Bertz CT molecular complexity index is 1010. The van der Waals surface area contributed by atoms with Gasteiger partial charge in [0, 0.05) is 0 Å². The Morgan fingerprint density at radius 1 is 0.351 bits per heavy atom. The van der Waals surface area contributed by atoms with E-state index in [2.05, 4.69) is 0 Å². The second kappa shape index (κ2) is 8.73. The molecular formula is C15F22. The molecule has 0 amide bonds. The van der Waals surface area contributed by atoms with Gasteiger partial charge in [0.05, 0.1) is 11.1 Å². The first-order chi connectivity index (χ1) is 15.9. The molecule has 0 nitrogen and oxygen atoms in total. The molecule has 214 valence electrons. The third-order valence-electron chi connectivity index (χ3n) is 4.30. The van der Waals surface area contributed by atoms with Crippen LogP contribution in [0.2, 0.25) is 0 Å². The Balaban J connectivity index is 5.11. The number of rotatable bonds is 3. The summed E-state index contributed by atoms with van der Waals surface area (Å²) >= 11 is 0. The summed E-state index contributed by atoms with van der Waals surface area (Å²) in [6.07, 6.45) is -41.6. The maximum Gasteiger partial charge on any atom is 0.457 e. The Hall–Kier alpha value is -2.58. The molecule has 1 rings (SSSR count). The molecule has 0 N–H and O–H groups in total. The van der Waals surface area contributed by atoms with Crippen LogP contribution in [0.25, 0.3) is 0 Å². The lowest BCUT2D eigenvalue weighted by molar-refractivity contribution is -0.322. The molecule has 0 spiro atoms. The van der Waals surface area contributed by atoms with Gasteiger partial charge in [-0.15, -0.1) is 0 Å². The largest absolute Gasteiger partial charge is 0.457 e. The van der Waals surface area contributed by atoms with Crippen LogP contribution in [0.5, 0.6) is 0 Å². The molecule has 1 aromatic rings. The van der Waals surface area contributed by atoms with Crippen LogP contribution in [0.1, 0.15) is 5.56 Å². The first-order valence-electron chi connectivity index (χ1n) is 7.91. The van der Waals surface area contributed by atoms with E-state index in [-0.39, 0.29) is 0 Å². The number of hydrogen-bond acceptors (Lipinski definition) is 0. The fraction of sp³-hybridized carbons (Fsp3) is 0.467. The lowest BCUT2D eigenvalue weighted by Gasteiger charge is -2.43. The van der Waals surface area contributed by atoms with Gasteiger partial charge >= 0.3 is 36.8 Å². The molecule has 0 radical (unpaired) electrons. The normalized spacial score (nSPS) is 14.8. The fourth-order valence-corrected chi connectivity index (χ4v) is 2.95.